The molecule has 0 aromatic heterocycles. The van der Waals surface area contributed by atoms with E-state index >= 15 is 0 Å². The van der Waals surface area contributed by atoms with Crippen LogP contribution in [0, 0.1) is 11.3 Å². The first-order valence-corrected chi connectivity index (χ1v) is 5.63. The number of allylic oxidation sites excluding steroid dienone is 5. The molecule has 1 fully saturated rings. The summed E-state index contributed by atoms with van der Waals surface area (Å²) in [5.41, 5.74) is 1.39. The standard InChI is InChI=1S/C13H16N2O/c14-9-13-11-15(7-8-16-13)10-12-5-3-1-2-4-6-12/h1-5,13H,6-8,10-11H2. The van der Waals surface area contributed by atoms with Gasteiger partial charge in [-0.15, -0.1) is 0 Å². The number of ether oxygens (including phenoxy) is 1. The predicted octanol–water partition coefficient (Wildman–Crippen LogP) is 1.65. The highest BCUT2D eigenvalue weighted by atomic mass is 16.5. The molecule has 1 unspecified atom stereocenters. The van der Waals surface area contributed by atoms with Crippen LogP contribution in [0.1, 0.15) is 6.42 Å². The van der Waals surface area contributed by atoms with Crippen molar-refractivity contribution in [1.82, 2.24) is 4.90 Å². The van der Waals surface area contributed by atoms with Crippen LogP contribution in [-0.2, 0) is 4.74 Å². The van der Waals surface area contributed by atoms with Crippen molar-refractivity contribution in [3.63, 3.8) is 0 Å². The monoisotopic (exact) mass is 216 g/mol. The Bertz CT molecular complexity index is 363. The Labute approximate surface area is 96.3 Å². The molecule has 0 bridgehead atoms. The first kappa shape index (κ1) is 11.1. The van der Waals surface area contributed by atoms with Gasteiger partial charge in [0.2, 0.25) is 0 Å². The van der Waals surface area contributed by atoms with E-state index in [-0.39, 0.29) is 6.10 Å². The van der Waals surface area contributed by atoms with Gasteiger partial charge in [-0.2, -0.15) is 5.26 Å². The van der Waals surface area contributed by atoms with Crippen molar-refractivity contribution in [2.24, 2.45) is 0 Å². The third kappa shape index (κ3) is 3.06. The molecule has 2 rings (SSSR count). The van der Waals surface area contributed by atoms with Gasteiger partial charge in [-0.05, 0) is 6.42 Å². The molecule has 0 amide bonds. The fourth-order valence-corrected chi connectivity index (χ4v) is 1.95. The van der Waals surface area contributed by atoms with E-state index in [0.29, 0.717) is 6.61 Å². The first-order chi connectivity index (χ1) is 7.88. The zero-order chi connectivity index (χ0) is 11.2. The van der Waals surface area contributed by atoms with Crippen molar-refractivity contribution in [3.05, 3.63) is 36.0 Å². The third-order valence-corrected chi connectivity index (χ3v) is 2.79. The molecule has 3 heteroatoms. The summed E-state index contributed by atoms with van der Waals surface area (Å²) in [6.45, 7) is 3.25. The lowest BCUT2D eigenvalue weighted by atomic mass is 10.1. The Morgan fingerprint density at radius 1 is 1.44 bits per heavy atom. The SMILES string of the molecule is N#CC1CN(CC2=CC=CC=CC2)CCO1. The minimum atomic E-state index is -0.258. The Hall–Kier alpha value is -1.37. The van der Waals surface area contributed by atoms with Gasteiger partial charge >= 0.3 is 0 Å². The highest BCUT2D eigenvalue weighted by Crippen LogP contribution is 2.12. The molecular weight excluding hydrogens is 200 g/mol. The number of nitriles is 1. The van der Waals surface area contributed by atoms with E-state index < -0.39 is 0 Å². The summed E-state index contributed by atoms with van der Waals surface area (Å²) in [6.07, 6.45) is 11.3. The van der Waals surface area contributed by atoms with Gasteiger partial charge < -0.3 is 4.74 Å². The molecule has 16 heavy (non-hydrogen) atoms. The van der Waals surface area contributed by atoms with Crippen LogP contribution >= 0.6 is 0 Å². The molecule has 0 saturated carbocycles. The fraction of sp³-hybridized carbons (Fsp3) is 0.462. The van der Waals surface area contributed by atoms with Crippen molar-refractivity contribution >= 4 is 0 Å². The average Bonchev–Trinajstić information content (AvgIpc) is 2.58. The maximum atomic E-state index is 8.82. The normalized spacial score (nSPS) is 25.9. The largest absolute Gasteiger partial charge is 0.361 e. The van der Waals surface area contributed by atoms with Crippen LogP contribution in [-0.4, -0.2) is 37.2 Å². The lowest BCUT2D eigenvalue weighted by molar-refractivity contribution is 0.00408. The van der Waals surface area contributed by atoms with Gasteiger partial charge in [0.05, 0.1) is 12.7 Å². The summed E-state index contributed by atoms with van der Waals surface area (Å²) in [5, 5.41) is 8.82. The molecule has 84 valence electrons. The Morgan fingerprint density at radius 2 is 2.38 bits per heavy atom. The van der Waals surface area contributed by atoms with Crippen molar-refractivity contribution in [2.45, 2.75) is 12.5 Å². The van der Waals surface area contributed by atoms with Crippen LogP contribution in [0.5, 0.6) is 0 Å². The molecule has 1 aliphatic heterocycles. The Balaban J connectivity index is 1.89. The summed E-state index contributed by atoms with van der Waals surface area (Å²) in [7, 11) is 0. The number of morpholine rings is 1. The zero-order valence-electron chi connectivity index (χ0n) is 9.30. The molecular formula is C13H16N2O. The summed E-state index contributed by atoms with van der Waals surface area (Å²) < 4.78 is 5.32. The zero-order valence-corrected chi connectivity index (χ0v) is 9.30. The molecule has 0 spiro atoms. The molecule has 1 heterocycles. The Morgan fingerprint density at radius 3 is 3.25 bits per heavy atom. The molecule has 0 radical (unpaired) electrons. The van der Waals surface area contributed by atoms with Crippen LogP contribution in [0.15, 0.2) is 36.0 Å². The van der Waals surface area contributed by atoms with E-state index in [1.54, 1.807) is 0 Å². The lowest BCUT2D eigenvalue weighted by Gasteiger charge is -2.30. The number of rotatable bonds is 2. The Kier molecular flexibility index (Phi) is 3.92. The summed E-state index contributed by atoms with van der Waals surface area (Å²) in [4.78, 5) is 2.29. The number of hydrogen-bond acceptors (Lipinski definition) is 3. The van der Waals surface area contributed by atoms with Gasteiger partial charge in [0.15, 0.2) is 6.10 Å². The summed E-state index contributed by atoms with van der Waals surface area (Å²) in [5.74, 6) is 0. The second-order valence-electron chi connectivity index (χ2n) is 4.07. The summed E-state index contributed by atoms with van der Waals surface area (Å²) in [6, 6.07) is 2.17. The molecule has 3 nitrogen and oxygen atoms in total. The van der Waals surface area contributed by atoms with E-state index in [0.717, 1.165) is 26.1 Å². The van der Waals surface area contributed by atoms with Gasteiger partial charge in [-0.25, -0.2) is 0 Å². The molecule has 0 aromatic rings. The van der Waals surface area contributed by atoms with E-state index in [2.05, 4.69) is 35.3 Å². The van der Waals surface area contributed by atoms with Gasteiger partial charge in [0.25, 0.3) is 0 Å². The molecule has 0 N–H and O–H groups in total. The maximum absolute atomic E-state index is 8.82. The van der Waals surface area contributed by atoms with Crippen LogP contribution in [0.4, 0.5) is 0 Å². The van der Waals surface area contributed by atoms with Gasteiger partial charge in [0.1, 0.15) is 0 Å². The molecule has 0 aromatic carbocycles. The van der Waals surface area contributed by atoms with E-state index in [4.69, 9.17) is 10.00 Å². The molecule has 1 atom stereocenters. The van der Waals surface area contributed by atoms with Gasteiger partial charge in [-0.3, -0.25) is 4.90 Å². The first-order valence-electron chi connectivity index (χ1n) is 5.63. The minimum absolute atomic E-state index is 0.258. The van der Waals surface area contributed by atoms with Gasteiger partial charge in [0, 0.05) is 19.6 Å². The van der Waals surface area contributed by atoms with Gasteiger partial charge in [-0.1, -0.05) is 36.0 Å². The highest BCUT2D eigenvalue weighted by Gasteiger charge is 2.20. The smallest absolute Gasteiger partial charge is 0.156 e. The highest BCUT2D eigenvalue weighted by molar-refractivity contribution is 5.24. The summed E-state index contributed by atoms with van der Waals surface area (Å²) >= 11 is 0. The lowest BCUT2D eigenvalue weighted by Crippen LogP contribution is -2.42. The topological polar surface area (TPSA) is 36.3 Å². The second kappa shape index (κ2) is 5.64. The van der Waals surface area contributed by atoms with Crippen molar-refractivity contribution in [1.29, 1.82) is 5.26 Å². The third-order valence-electron chi connectivity index (χ3n) is 2.79. The van der Waals surface area contributed by atoms with Crippen molar-refractivity contribution in [3.8, 4) is 6.07 Å². The minimum Gasteiger partial charge on any atom is -0.361 e. The second-order valence-corrected chi connectivity index (χ2v) is 4.07. The van der Waals surface area contributed by atoms with Crippen LogP contribution < -0.4 is 0 Å². The average molecular weight is 216 g/mol. The predicted molar refractivity (Wildman–Crippen MR) is 62.8 cm³/mol. The fourth-order valence-electron chi connectivity index (χ4n) is 1.95. The van der Waals surface area contributed by atoms with Crippen molar-refractivity contribution < 1.29 is 4.74 Å². The molecule has 2 aliphatic rings. The molecule has 1 saturated heterocycles. The van der Waals surface area contributed by atoms with Crippen LogP contribution in [0.25, 0.3) is 0 Å². The number of hydrogen-bond donors (Lipinski definition) is 0. The van der Waals surface area contributed by atoms with E-state index in [1.807, 2.05) is 6.08 Å². The molecule has 1 aliphatic carbocycles. The number of nitrogens with zero attached hydrogens (tertiary/aromatic N) is 2. The van der Waals surface area contributed by atoms with E-state index in [1.165, 1.54) is 5.57 Å². The van der Waals surface area contributed by atoms with E-state index in [9.17, 15) is 0 Å². The van der Waals surface area contributed by atoms with Crippen molar-refractivity contribution in [2.75, 3.05) is 26.2 Å². The van der Waals surface area contributed by atoms with Crippen LogP contribution in [0.2, 0.25) is 0 Å². The quantitative estimate of drug-likeness (QED) is 0.704. The van der Waals surface area contributed by atoms with Crippen LogP contribution in [0.3, 0.4) is 0 Å². The maximum Gasteiger partial charge on any atom is 0.156 e.